The molecular formula is C17H20N2O2. The molecule has 0 fully saturated rings. The van der Waals surface area contributed by atoms with Crippen molar-refractivity contribution < 1.29 is 4.92 Å². The Morgan fingerprint density at radius 3 is 2.52 bits per heavy atom. The lowest BCUT2D eigenvalue weighted by Gasteiger charge is -2.18. The SMILES string of the molecule is CCNC(Cc1cc(C)ccc1[N+](=O)[O-])c1ccccc1. The van der Waals surface area contributed by atoms with E-state index in [0.29, 0.717) is 6.42 Å². The molecule has 0 saturated heterocycles. The largest absolute Gasteiger partial charge is 0.310 e. The summed E-state index contributed by atoms with van der Waals surface area (Å²) in [7, 11) is 0. The van der Waals surface area contributed by atoms with E-state index in [4.69, 9.17) is 0 Å². The Labute approximate surface area is 125 Å². The molecule has 1 unspecified atom stereocenters. The van der Waals surface area contributed by atoms with Gasteiger partial charge in [0.1, 0.15) is 0 Å². The molecule has 2 aromatic rings. The number of nitro benzene ring substituents is 1. The van der Waals surface area contributed by atoms with Gasteiger partial charge in [0.05, 0.1) is 4.92 Å². The fourth-order valence-electron chi connectivity index (χ4n) is 2.52. The number of nitrogens with one attached hydrogen (secondary N) is 1. The highest BCUT2D eigenvalue weighted by Gasteiger charge is 2.18. The van der Waals surface area contributed by atoms with Crippen LogP contribution in [0.4, 0.5) is 5.69 Å². The number of hydrogen-bond donors (Lipinski definition) is 1. The number of rotatable bonds is 6. The first-order valence-electron chi connectivity index (χ1n) is 7.14. The molecule has 4 nitrogen and oxygen atoms in total. The van der Waals surface area contributed by atoms with Crippen LogP contribution in [0.3, 0.4) is 0 Å². The Balaban J connectivity index is 2.33. The Hall–Kier alpha value is -2.20. The van der Waals surface area contributed by atoms with Crippen molar-refractivity contribution in [3.8, 4) is 0 Å². The van der Waals surface area contributed by atoms with Gasteiger partial charge in [0, 0.05) is 17.7 Å². The van der Waals surface area contributed by atoms with Crippen LogP contribution in [0.2, 0.25) is 0 Å². The minimum Gasteiger partial charge on any atom is -0.310 e. The van der Waals surface area contributed by atoms with Crippen molar-refractivity contribution in [2.75, 3.05) is 6.54 Å². The lowest BCUT2D eigenvalue weighted by Crippen LogP contribution is -2.23. The summed E-state index contributed by atoms with van der Waals surface area (Å²) in [6.07, 6.45) is 0.607. The summed E-state index contributed by atoms with van der Waals surface area (Å²) < 4.78 is 0. The zero-order chi connectivity index (χ0) is 15.2. The fraction of sp³-hybridized carbons (Fsp3) is 0.294. The molecule has 0 aliphatic rings. The highest BCUT2D eigenvalue weighted by Crippen LogP contribution is 2.26. The summed E-state index contributed by atoms with van der Waals surface area (Å²) in [6.45, 7) is 4.82. The van der Waals surface area contributed by atoms with Crippen molar-refractivity contribution >= 4 is 5.69 Å². The van der Waals surface area contributed by atoms with Crippen LogP contribution in [0.1, 0.15) is 29.7 Å². The third-order valence-electron chi connectivity index (χ3n) is 3.51. The van der Waals surface area contributed by atoms with E-state index in [2.05, 4.69) is 17.4 Å². The van der Waals surface area contributed by atoms with Crippen molar-refractivity contribution in [3.63, 3.8) is 0 Å². The first-order chi connectivity index (χ1) is 10.1. The molecule has 21 heavy (non-hydrogen) atoms. The van der Waals surface area contributed by atoms with Gasteiger partial charge in [0.25, 0.3) is 5.69 Å². The third-order valence-corrected chi connectivity index (χ3v) is 3.51. The van der Waals surface area contributed by atoms with Gasteiger partial charge < -0.3 is 5.32 Å². The number of hydrogen-bond acceptors (Lipinski definition) is 3. The van der Waals surface area contributed by atoms with Crippen molar-refractivity contribution in [3.05, 3.63) is 75.3 Å². The number of aryl methyl sites for hydroxylation is 1. The molecule has 0 bridgehead atoms. The first kappa shape index (κ1) is 15.2. The minimum absolute atomic E-state index is 0.0803. The standard InChI is InChI=1S/C17H20N2O2/c1-3-18-16(14-7-5-4-6-8-14)12-15-11-13(2)9-10-17(15)19(20)21/h4-11,16,18H,3,12H2,1-2H3. The topological polar surface area (TPSA) is 55.2 Å². The van der Waals surface area contributed by atoms with Gasteiger partial charge in [-0.2, -0.15) is 0 Å². The van der Waals surface area contributed by atoms with Crippen LogP contribution in [-0.4, -0.2) is 11.5 Å². The highest BCUT2D eigenvalue weighted by molar-refractivity contribution is 5.43. The molecule has 0 aromatic heterocycles. The van der Waals surface area contributed by atoms with Gasteiger partial charge in [-0.25, -0.2) is 0 Å². The number of benzene rings is 2. The second-order valence-electron chi connectivity index (χ2n) is 5.11. The average Bonchev–Trinajstić information content (AvgIpc) is 2.47. The lowest BCUT2D eigenvalue weighted by molar-refractivity contribution is -0.385. The summed E-state index contributed by atoms with van der Waals surface area (Å²) in [5, 5.41) is 14.6. The average molecular weight is 284 g/mol. The molecule has 110 valence electrons. The van der Waals surface area contributed by atoms with Crippen LogP contribution in [0.5, 0.6) is 0 Å². The van der Waals surface area contributed by atoms with Gasteiger partial charge in [0.15, 0.2) is 0 Å². The fourth-order valence-corrected chi connectivity index (χ4v) is 2.52. The molecular weight excluding hydrogens is 264 g/mol. The van der Waals surface area contributed by atoms with Crippen LogP contribution in [0, 0.1) is 17.0 Å². The van der Waals surface area contributed by atoms with Crippen molar-refractivity contribution in [2.45, 2.75) is 26.3 Å². The predicted molar refractivity (Wildman–Crippen MR) is 84.4 cm³/mol. The molecule has 0 radical (unpaired) electrons. The molecule has 0 aliphatic carbocycles. The van der Waals surface area contributed by atoms with Crippen LogP contribution < -0.4 is 5.32 Å². The van der Waals surface area contributed by atoms with Crippen molar-refractivity contribution in [2.24, 2.45) is 0 Å². The lowest BCUT2D eigenvalue weighted by atomic mass is 9.96. The van der Waals surface area contributed by atoms with Gasteiger partial charge in [-0.3, -0.25) is 10.1 Å². The maximum Gasteiger partial charge on any atom is 0.272 e. The van der Waals surface area contributed by atoms with Crippen LogP contribution in [-0.2, 0) is 6.42 Å². The second-order valence-corrected chi connectivity index (χ2v) is 5.11. The maximum absolute atomic E-state index is 11.2. The van der Waals surface area contributed by atoms with E-state index in [0.717, 1.165) is 23.2 Å². The molecule has 2 aromatic carbocycles. The summed E-state index contributed by atoms with van der Waals surface area (Å²) in [6, 6.07) is 15.4. The van der Waals surface area contributed by atoms with E-state index in [-0.39, 0.29) is 16.7 Å². The van der Waals surface area contributed by atoms with E-state index < -0.39 is 0 Å². The number of likely N-dealkylation sites (N-methyl/N-ethyl adjacent to an activating group) is 1. The quantitative estimate of drug-likeness (QED) is 0.648. The Kier molecular flexibility index (Phi) is 5.06. The van der Waals surface area contributed by atoms with Gasteiger partial charge in [-0.05, 0) is 31.5 Å². The third kappa shape index (κ3) is 3.89. The van der Waals surface area contributed by atoms with Crippen LogP contribution in [0.15, 0.2) is 48.5 Å². The molecule has 4 heteroatoms. The molecule has 0 saturated carbocycles. The second kappa shape index (κ2) is 6.99. The van der Waals surface area contributed by atoms with Crippen molar-refractivity contribution in [1.29, 1.82) is 0 Å². The van der Waals surface area contributed by atoms with E-state index in [1.165, 1.54) is 0 Å². The summed E-state index contributed by atoms with van der Waals surface area (Å²) >= 11 is 0. The predicted octanol–water partition coefficient (Wildman–Crippen LogP) is 3.80. The summed E-state index contributed by atoms with van der Waals surface area (Å²) in [4.78, 5) is 10.9. The van der Waals surface area contributed by atoms with E-state index in [1.807, 2.05) is 38.1 Å². The van der Waals surface area contributed by atoms with Gasteiger partial charge >= 0.3 is 0 Å². The molecule has 0 spiro atoms. The summed E-state index contributed by atoms with van der Waals surface area (Å²) in [5.41, 5.74) is 3.16. The Bertz CT molecular complexity index is 611. The summed E-state index contributed by atoms with van der Waals surface area (Å²) in [5.74, 6) is 0. The van der Waals surface area contributed by atoms with Crippen LogP contribution >= 0.6 is 0 Å². The normalized spacial score (nSPS) is 12.1. The Morgan fingerprint density at radius 1 is 1.19 bits per heavy atom. The smallest absolute Gasteiger partial charge is 0.272 e. The molecule has 1 N–H and O–H groups in total. The Morgan fingerprint density at radius 2 is 1.90 bits per heavy atom. The van der Waals surface area contributed by atoms with Gasteiger partial charge in [-0.15, -0.1) is 0 Å². The highest BCUT2D eigenvalue weighted by atomic mass is 16.6. The zero-order valence-corrected chi connectivity index (χ0v) is 12.4. The van der Waals surface area contributed by atoms with Gasteiger partial charge in [0.2, 0.25) is 0 Å². The number of nitro groups is 1. The number of nitrogens with zero attached hydrogens (tertiary/aromatic N) is 1. The van der Waals surface area contributed by atoms with Crippen molar-refractivity contribution in [1.82, 2.24) is 5.32 Å². The first-order valence-corrected chi connectivity index (χ1v) is 7.14. The molecule has 1 atom stereocenters. The molecule has 0 heterocycles. The molecule has 0 aliphatic heterocycles. The van der Waals surface area contributed by atoms with Crippen LogP contribution in [0.25, 0.3) is 0 Å². The molecule has 0 amide bonds. The monoisotopic (exact) mass is 284 g/mol. The van der Waals surface area contributed by atoms with Gasteiger partial charge in [-0.1, -0.05) is 48.9 Å². The molecule has 2 rings (SSSR count). The minimum atomic E-state index is -0.303. The van der Waals surface area contributed by atoms with E-state index in [9.17, 15) is 10.1 Å². The van der Waals surface area contributed by atoms with E-state index >= 15 is 0 Å². The van der Waals surface area contributed by atoms with E-state index in [1.54, 1.807) is 12.1 Å². The maximum atomic E-state index is 11.2. The zero-order valence-electron chi connectivity index (χ0n) is 12.4.